The average molecular weight is 449 g/mol. The van der Waals surface area contributed by atoms with Crippen LogP contribution in [0.4, 0.5) is 0 Å². The lowest BCUT2D eigenvalue weighted by Crippen LogP contribution is -2.60. The summed E-state index contributed by atoms with van der Waals surface area (Å²) in [4.78, 5) is 41.1. The van der Waals surface area contributed by atoms with Crippen LogP contribution in [-0.2, 0) is 20.8 Å². The van der Waals surface area contributed by atoms with Crippen molar-refractivity contribution in [1.82, 2.24) is 15.2 Å². The quantitative estimate of drug-likeness (QED) is 0.734. The normalized spacial score (nSPS) is 18.6. The number of methoxy groups -OCH3 is 1. The summed E-state index contributed by atoms with van der Waals surface area (Å²) in [7, 11) is 1.64. The Morgan fingerprint density at radius 1 is 1.09 bits per heavy atom. The molecule has 2 aliphatic rings. The van der Waals surface area contributed by atoms with Crippen molar-refractivity contribution in [1.29, 1.82) is 0 Å². The summed E-state index contributed by atoms with van der Waals surface area (Å²) >= 11 is 0. The highest BCUT2D eigenvalue weighted by Crippen LogP contribution is 2.25. The van der Waals surface area contributed by atoms with Crippen molar-refractivity contribution in [3.63, 3.8) is 0 Å². The van der Waals surface area contributed by atoms with E-state index in [-0.39, 0.29) is 30.6 Å². The molecule has 0 spiro atoms. The van der Waals surface area contributed by atoms with Crippen LogP contribution >= 0.6 is 0 Å². The van der Waals surface area contributed by atoms with Crippen LogP contribution < -0.4 is 10.2 Å². The number of ether oxygens (including phenoxy) is 1. The fraction of sp³-hybridized carbons (Fsp3) is 0.360. The summed E-state index contributed by atoms with van der Waals surface area (Å²) in [6, 6.07) is 15.3. The number of likely N-dealkylation sites (N-methyl/N-ethyl adjacent to an activating group) is 1. The predicted octanol–water partition coefficient (Wildman–Crippen LogP) is 2.23. The number of rotatable bonds is 6. The molecule has 1 atom stereocenters. The van der Waals surface area contributed by atoms with Crippen LogP contribution in [0.2, 0.25) is 0 Å². The Bertz CT molecular complexity index is 1080. The monoisotopic (exact) mass is 448 g/mol. The van der Waals surface area contributed by atoms with Crippen molar-refractivity contribution < 1.29 is 19.1 Å². The molecular weight excluding hydrogens is 420 g/mol. The molecule has 2 aliphatic heterocycles. The minimum absolute atomic E-state index is 0.0607. The molecule has 172 valence electrons. The van der Waals surface area contributed by atoms with E-state index in [4.69, 9.17) is 4.74 Å². The molecular formula is C25H28N4O4. The molecule has 1 N–H and O–H groups in total. The van der Waals surface area contributed by atoms with Gasteiger partial charge >= 0.3 is 0 Å². The molecule has 8 nitrogen and oxygen atoms in total. The van der Waals surface area contributed by atoms with Gasteiger partial charge in [0.15, 0.2) is 0 Å². The van der Waals surface area contributed by atoms with Crippen molar-refractivity contribution in [2.45, 2.75) is 32.2 Å². The second-order valence-electron chi connectivity index (χ2n) is 8.16. The minimum atomic E-state index is -0.603. The highest BCUT2D eigenvalue weighted by Gasteiger charge is 2.38. The molecule has 33 heavy (non-hydrogen) atoms. The van der Waals surface area contributed by atoms with Gasteiger partial charge in [-0.2, -0.15) is 5.10 Å². The molecule has 0 aromatic heterocycles. The van der Waals surface area contributed by atoms with Crippen LogP contribution in [0.25, 0.3) is 11.1 Å². The molecule has 4 rings (SSSR count). The molecule has 0 unspecified atom stereocenters. The molecule has 8 heteroatoms. The van der Waals surface area contributed by atoms with E-state index in [9.17, 15) is 14.4 Å². The first-order valence-corrected chi connectivity index (χ1v) is 11.2. The van der Waals surface area contributed by atoms with Gasteiger partial charge in [-0.15, -0.1) is 0 Å². The Hall–Kier alpha value is -3.68. The van der Waals surface area contributed by atoms with E-state index < -0.39 is 6.04 Å². The van der Waals surface area contributed by atoms with Gasteiger partial charge < -0.3 is 14.5 Å². The van der Waals surface area contributed by atoms with Crippen LogP contribution in [0, 0.1) is 0 Å². The Balaban J connectivity index is 1.55. The lowest BCUT2D eigenvalue weighted by atomic mass is 9.97. The molecule has 1 fully saturated rings. The number of benzene rings is 2. The number of nitrogens with one attached hydrogen (secondary N) is 1. The maximum atomic E-state index is 13.2. The van der Waals surface area contributed by atoms with Crippen molar-refractivity contribution in [3.8, 4) is 16.9 Å². The maximum absolute atomic E-state index is 13.2. The number of hydrogen-bond donors (Lipinski definition) is 1. The second kappa shape index (κ2) is 9.85. The molecule has 3 amide bonds. The van der Waals surface area contributed by atoms with Gasteiger partial charge in [-0.05, 0) is 35.7 Å². The smallest absolute Gasteiger partial charge is 0.270 e. The number of carbonyl (C=O) groups excluding carboxylic acids is 3. The first-order valence-electron chi connectivity index (χ1n) is 11.2. The van der Waals surface area contributed by atoms with Crippen molar-refractivity contribution in [2.24, 2.45) is 5.10 Å². The Kier molecular flexibility index (Phi) is 6.72. The second-order valence-corrected chi connectivity index (χ2v) is 8.16. The van der Waals surface area contributed by atoms with E-state index in [1.54, 1.807) is 16.9 Å². The Morgan fingerprint density at radius 3 is 2.55 bits per heavy atom. The molecule has 0 bridgehead atoms. The third-order valence-corrected chi connectivity index (χ3v) is 6.16. The largest absolute Gasteiger partial charge is 0.497 e. The van der Waals surface area contributed by atoms with Crippen molar-refractivity contribution in [3.05, 3.63) is 54.1 Å². The molecule has 1 saturated heterocycles. The molecule has 0 saturated carbocycles. The van der Waals surface area contributed by atoms with E-state index in [0.29, 0.717) is 31.8 Å². The maximum Gasteiger partial charge on any atom is 0.270 e. The fourth-order valence-electron chi connectivity index (χ4n) is 4.25. The summed E-state index contributed by atoms with van der Waals surface area (Å²) in [6.07, 6.45) is 0.928. The minimum Gasteiger partial charge on any atom is -0.497 e. The van der Waals surface area contributed by atoms with E-state index in [0.717, 1.165) is 22.4 Å². The topological polar surface area (TPSA) is 91.3 Å². The van der Waals surface area contributed by atoms with Gasteiger partial charge in [0.1, 0.15) is 17.5 Å². The van der Waals surface area contributed by atoms with Crippen LogP contribution in [0.5, 0.6) is 5.75 Å². The van der Waals surface area contributed by atoms with Gasteiger partial charge in [-0.3, -0.25) is 14.4 Å². The van der Waals surface area contributed by atoms with Gasteiger partial charge in [0.05, 0.1) is 7.11 Å². The highest BCUT2D eigenvalue weighted by molar-refractivity contribution is 6.39. The zero-order valence-electron chi connectivity index (χ0n) is 18.9. The lowest BCUT2D eigenvalue weighted by Gasteiger charge is -2.40. The SMILES string of the molecule is CCN1CCN(C(=O)C2=NNC(=O)CC2)[C@H](Cc2ccc(-c3cccc(OC)c3)cc2)C1=O. The highest BCUT2D eigenvalue weighted by atomic mass is 16.5. The Morgan fingerprint density at radius 2 is 1.88 bits per heavy atom. The summed E-state index contributed by atoms with van der Waals surface area (Å²) < 4.78 is 5.31. The molecule has 2 aromatic carbocycles. The summed E-state index contributed by atoms with van der Waals surface area (Å²) in [5.41, 5.74) is 5.73. The standard InChI is InChI=1S/C25H28N4O4/c1-3-28-13-14-29(24(31)21-11-12-23(30)27-26-21)22(25(28)32)15-17-7-9-18(10-8-17)19-5-4-6-20(16-19)33-2/h4-10,16,22H,3,11-15H2,1-2H3,(H,27,30)/t22-/m1/s1. The van der Waals surface area contributed by atoms with Crippen molar-refractivity contribution >= 4 is 23.4 Å². The van der Waals surface area contributed by atoms with Gasteiger partial charge in [0.2, 0.25) is 11.8 Å². The van der Waals surface area contributed by atoms with E-state index in [2.05, 4.69) is 10.5 Å². The number of nitrogens with zero attached hydrogens (tertiary/aromatic N) is 3. The lowest BCUT2D eigenvalue weighted by molar-refractivity contribution is -0.148. The molecule has 0 aliphatic carbocycles. The van der Waals surface area contributed by atoms with Crippen LogP contribution in [0.3, 0.4) is 0 Å². The summed E-state index contributed by atoms with van der Waals surface area (Å²) in [5.74, 6) is 0.248. The number of hydrazone groups is 1. The van der Waals surface area contributed by atoms with E-state index in [1.165, 1.54) is 0 Å². The zero-order valence-corrected chi connectivity index (χ0v) is 18.9. The number of carbonyl (C=O) groups is 3. The molecule has 0 radical (unpaired) electrons. The van der Waals surface area contributed by atoms with Gasteiger partial charge in [-0.1, -0.05) is 36.4 Å². The number of hydrogen-bond acceptors (Lipinski definition) is 5. The predicted molar refractivity (Wildman–Crippen MR) is 125 cm³/mol. The first kappa shape index (κ1) is 22.5. The molecule has 2 heterocycles. The van der Waals surface area contributed by atoms with Crippen LogP contribution in [-0.4, -0.2) is 66.0 Å². The zero-order chi connectivity index (χ0) is 23.4. The molecule has 2 aromatic rings. The first-order chi connectivity index (χ1) is 16.0. The van der Waals surface area contributed by atoms with Gasteiger partial charge in [0.25, 0.3) is 5.91 Å². The number of amides is 3. The van der Waals surface area contributed by atoms with E-state index >= 15 is 0 Å². The van der Waals surface area contributed by atoms with Gasteiger partial charge in [0, 0.05) is 38.9 Å². The average Bonchev–Trinajstić information content (AvgIpc) is 2.85. The fourth-order valence-corrected chi connectivity index (χ4v) is 4.25. The summed E-state index contributed by atoms with van der Waals surface area (Å²) in [5, 5.41) is 3.94. The summed E-state index contributed by atoms with van der Waals surface area (Å²) in [6.45, 7) is 3.48. The number of piperazine rings is 1. The Labute approximate surface area is 193 Å². The van der Waals surface area contributed by atoms with Crippen LogP contribution in [0.15, 0.2) is 53.6 Å². The van der Waals surface area contributed by atoms with Crippen LogP contribution in [0.1, 0.15) is 25.3 Å². The van der Waals surface area contributed by atoms with Crippen molar-refractivity contribution in [2.75, 3.05) is 26.7 Å². The van der Waals surface area contributed by atoms with Gasteiger partial charge in [-0.25, -0.2) is 5.43 Å². The third kappa shape index (κ3) is 4.89. The van der Waals surface area contributed by atoms with E-state index in [1.807, 2.05) is 55.5 Å². The third-order valence-electron chi connectivity index (χ3n) is 6.16.